The largest absolute Gasteiger partial charge is 0.481 e. The summed E-state index contributed by atoms with van der Waals surface area (Å²) in [5, 5.41) is 0. The fourth-order valence-corrected chi connectivity index (χ4v) is 4.26. The molecular formula is C21H26N2O5S. The molecule has 0 bridgehead atoms. The zero-order valence-corrected chi connectivity index (χ0v) is 17.7. The molecule has 0 unspecified atom stereocenters. The van der Waals surface area contributed by atoms with Crippen LogP contribution in [0, 0.1) is 13.8 Å². The van der Waals surface area contributed by atoms with Crippen molar-refractivity contribution in [2.24, 2.45) is 0 Å². The Morgan fingerprint density at radius 2 is 1.76 bits per heavy atom. The van der Waals surface area contributed by atoms with Gasteiger partial charge >= 0.3 is 0 Å². The van der Waals surface area contributed by atoms with Gasteiger partial charge in [0.15, 0.2) is 6.10 Å². The van der Waals surface area contributed by atoms with Crippen LogP contribution in [0.1, 0.15) is 18.1 Å². The molecule has 0 aliphatic carbocycles. The summed E-state index contributed by atoms with van der Waals surface area (Å²) in [6, 6.07) is 11.6. The van der Waals surface area contributed by atoms with Crippen molar-refractivity contribution in [2.75, 3.05) is 31.0 Å². The zero-order valence-electron chi connectivity index (χ0n) is 16.8. The van der Waals surface area contributed by atoms with E-state index in [0.717, 1.165) is 11.1 Å². The normalized spacial score (nSPS) is 15.6. The van der Waals surface area contributed by atoms with Crippen molar-refractivity contribution in [2.45, 2.75) is 31.8 Å². The number of hydrogen-bond donors (Lipinski definition) is 1. The summed E-state index contributed by atoms with van der Waals surface area (Å²) >= 11 is 0. The maximum atomic E-state index is 12.7. The Morgan fingerprint density at radius 3 is 2.38 bits per heavy atom. The molecular weight excluding hydrogens is 392 g/mol. The lowest BCUT2D eigenvalue weighted by molar-refractivity contribution is -0.142. The molecule has 0 saturated carbocycles. The number of rotatable bonds is 6. The van der Waals surface area contributed by atoms with Gasteiger partial charge in [-0.05, 0) is 56.7 Å². The van der Waals surface area contributed by atoms with E-state index in [9.17, 15) is 13.2 Å². The topological polar surface area (TPSA) is 84.9 Å². The number of ether oxygens (including phenoxy) is 2. The Balaban J connectivity index is 1.66. The number of nitrogens with zero attached hydrogens (tertiary/aromatic N) is 1. The number of sulfonamides is 1. The average molecular weight is 419 g/mol. The Bertz CT molecular complexity index is 967. The number of benzene rings is 2. The van der Waals surface area contributed by atoms with Crippen LogP contribution in [0.4, 0.5) is 5.69 Å². The molecule has 1 N–H and O–H groups in total. The van der Waals surface area contributed by atoms with Gasteiger partial charge in [0.2, 0.25) is 0 Å². The summed E-state index contributed by atoms with van der Waals surface area (Å²) in [6.45, 7) is 7.65. The molecule has 0 radical (unpaired) electrons. The predicted molar refractivity (Wildman–Crippen MR) is 111 cm³/mol. The fourth-order valence-electron chi connectivity index (χ4n) is 3.12. The molecule has 3 rings (SSSR count). The summed E-state index contributed by atoms with van der Waals surface area (Å²) in [7, 11) is -3.72. The van der Waals surface area contributed by atoms with E-state index in [4.69, 9.17) is 9.47 Å². The summed E-state index contributed by atoms with van der Waals surface area (Å²) in [5.74, 6) is 0.325. The minimum atomic E-state index is -3.72. The third kappa shape index (κ3) is 5.27. The van der Waals surface area contributed by atoms with Crippen molar-refractivity contribution in [3.63, 3.8) is 0 Å². The van der Waals surface area contributed by atoms with Crippen molar-refractivity contribution in [3.05, 3.63) is 53.6 Å². The number of amides is 1. The van der Waals surface area contributed by atoms with Gasteiger partial charge in [-0.25, -0.2) is 8.42 Å². The van der Waals surface area contributed by atoms with Crippen molar-refractivity contribution in [1.82, 2.24) is 4.90 Å². The molecule has 7 nitrogen and oxygen atoms in total. The molecule has 29 heavy (non-hydrogen) atoms. The molecule has 2 aromatic carbocycles. The van der Waals surface area contributed by atoms with E-state index >= 15 is 0 Å². The number of anilines is 1. The number of nitrogens with one attached hydrogen (secondary N) is 1. The van der Waals surface area contributed by atoms with Crippen LogP contribution in [0.25, 0.3) is 0 Å². The Labute approximate surface area is 171 Å². The second-order valence-corrected chi connectivity index (χ2v) is 8.78. The molecule has 1 heterocycles. The number of aryl methyl sites for hydroxylation is 2. The standard InChI is InChI=1S/C21H26N2O5S/c1-15-4-9-20(16(2)14-15)22-29(25,26)19-7-5-18(6-8-19)28-17(3)21(24)23-10-12-27-13-11-23/h4-9,14,17,22H,10-13H2,1-3H3/t17-/m0/s1. The Morgan fingerprint density at radius 1 is 1.10 bits per heavy atom. The Kier molecular flexibility index (Phi) is 6.44. The van der Waals surface area contributed by atoms with Gasteiger partial charge in [-0.15, -0.1) is 0 Å². The number of carbonyl (C=O) groups excluding carboxylic acids is 1. The first kappa shape index (κ1) is 21.1. The minimum Gasteiger partial charge on any atom is -0.481 e. The third-order valence-corrected chi connectivity index (χ3v) is 6.13. The van der Waals surface area contributed by atoms with Crippen molar-refractivity contribution in [3.8, 4) is 5.75 Å². The van der Waals surface area contributed by atoms with Crippen LogP contribution in [-0.4, -0.2) is 51.6 Å². The summed E-state index contributed by atoms with van der Waals surface area (Å²) in [6.07, 6.45) is -0.663. The molecule has 0 spiro atoms. The highest BCUT2D eigenvalue weighted by atomic mass is 32.2. The summed E-state index contributed by atoms with van der Waals surface area (Å²) in [5.41, 5.74) is 2.46. The molecule has 8 heteroatoms. The summed E-state index contributed by atoms with van der Waals surface area (Å²) in [4.78, 5) is 14.3. The first-order chi connectivity index (χ1) is 13.8. The van der Waals surface area contributed by atoms with Crippen molar-refractivity contribution < 1.29 is 22.7 Å². The monoisotopic (exact) mass is 418 g/mol. The molecule has 1 saturated heterocycles. The molecule has 1 atom stereocenters. The van der Waals surface area contributed by atoms with Crippen LogP contribution >= 0.6 is 0 Å². The maximum Gasteiger partial charge on any atom is 0.263 e. The molecule has 2 aromatic rings. The lowest BCUT2D eigenvalue weighted by Crippen LogP contribution is -2.46. The van der Waals surface area contributed by atoms with Gasteiger partial charge in [-0.3, -0.25) is 9.52 Å². The van der Waals surface area contributed by atoms with Gasteiger partial charge in [0, 0.05) is 13.1 Å². The molecule has 1 fully saturated rings. The van der Waals surface area contributed by atoms with E-state index in [1.807, 2.05) is 26.0 Å². The van der Waals surface area contributed by atoms with Crippen LogP contribution in [0.2, 0.25) is 0 Å². The third-order valence-electron chi connectivity index (χ3n) is 4.74. The number of carbonyl (C=O) groups is 1. The van der Waals surface area contributed by atoms with Crippen molar-refractivity contribution >= 4 is 21.6 Å². The molecule has 1 aliphatic heterocycles. The van der Waals surface area contributed by atoms with Crippen LogP contribution in [0.5, 0.6) is 5.75 Å². The van der Waals surface area contributed by atoms with E-state index < -0.39 is 16.1 Å². The lowest BCUT2D eigenvalue weighted by Gasteiger charge is -2.29. The average Bonchev–Trinajstić information content (AvgIpc) is 2.70. The van der Waals surface area contributed by atoms with Gasteiger partial charge < -0.3 is 14.4 Å². The SMILES string of the molecule is Cc1ccc(NS(=O)(=O)c2ccc(O[C@@H](C)C(=O)N3CCOCC3)cc2)c(C)c1. The highest BCUT2D eigenvalue weighted by molar-refractivity contribution is 7.92. The first-order valence-corrected chi connectivity index (χ1v) is 11.0. The first-order valence-electron chi connectivity index (χ1n) is 9.49. The lowest BCUT2D eigenvalue weighted by atomic mass is 10.1. The second kappa shape index (κ2) is 8.84. The van der Waals surface area contributed by atoms with Gasteiger partial charge in [0.1, 0.15) is 5.75 Å². The number of morpholine rings is 1. The van der Waals surface area contributed by atoms with Gasteiger partial charge in [-0.1, -0.05) is 17.7 Å². The van der Waals surface area contributed by atoms with E-state index in [1.54, 1.807) is 30.0 Å². The zero-order chi connectivity index (χ0) is 21.0. The van der Waals surface area contributed by atoms with Crippen LogP contribution in [-0.2, 0) is 19.6 Å². The second-order valence-electron chi connectivity index (χ2n) is 7.09. The molecule has 0 aromatic heterocycles. The Hall–Kier alpha value is -2.58. The molecule has 1 amide bonds. The predicted octanol–water partition coefficient (Wildman–Crippen LogP) is 2.73. The van der Waals surface area contributed by atoms with Crippen LogP contribution in [0.3, 0.4) is 0 Å². The van der Waals surface area contributed by atoms with Gasteiger partial charge in [0.05, 0.1) is 23.8 Å². The van der Waals surface area contributed by atoms with E-state index in [1.165, 1.54) is 12.1 Å². The fraction of sp³-hybridized carbons (Fsp3) is 0.381. The van der Waals surface area contributed by atoms with Gasteiger partial charge in [-0.2, -0.15) is 0 Å². The highest BCUT2D eigenvalue weighted by Gasteiger charge is 2.24. The van der Waals surface area contributed by atoms with E-state index in [0.29, 0.717) is 37.7 Å². The molecule has 156 valence electrons. The number of hydrogen-bond acceptors (Lipinski definition) is 5. The van der Waals surface area contributed by atoms with E-state index in [-0.39, 0.29) is 10.8 Å². The molecule has 1 aliphatic rings. The minimum absolute atomic E-state index is 0.110. The summed E-state index contributed by atoms with van der Waals surface area (Å²) < 4.78 is 38.9. The quantitative estimate of drug-likeness (QED) is 0.780. The van der Waals surface area contributed by atoms with Crippen LogP contribution in [0.15, 0.2) is 47.4 Å². The highest BCUT2D eigenvalue weighted by Crippen LogP contribution is 2.23. The van der Waals surface area contributed by atoms with Crippen molar-refractivity contribution in [1.29, 1.82) is 0 Å². The van der Waals surface area contributed by atoms with E-state index in [2.05, 4.69) is 4.72 Å². The van der Waals surface area contributed by atoms with Gasteiger partial charge in [0.25, 0.3) is 15.9 Å². The van der Waals surface area contributed by atoms with Crippen LogP contribution < -0.4 is 9.46 Å². The smallest absolute Gasteiger partial charge is 0.263 e. The maximum absolute atomic E-state index is 12.7.